The van der Waals surface area contributed by atoms with Crippen molar-refractivity contribution in [2.45, 2.75) is 35.9 Å². The predicted molar refractivity (Wildman–Crippen MR) is 159 cm³/mol. The third kappa shape index (κ3) is 6.45. The van der Waals surface area contributed by atoms with Gasteiger partial charge in [0.1, 0.15) is 17.3 Å². The number of rotatable bonds is 10. The molecule has 41 heavy (non-hydrogen) atoms. The Balaban J connectivity index is 1.47. The monoisotopic (exact) mass is 609 g/mol. The smallest absolute Gasteiger partial charge is 0.301 e. The second-order valence-electron chi connectivity index (χ2n) is 9.21. The fraction of sp³-hybridized carbons (Fsp3) is 0.200. The number of aliphatic hydroxyl groups is 1. The normalized spacial score (nSPS) is 16.4. The molecule has 0 unspecified atom stereocenters. The van der Waals surface area contributed by atoms with E-state index in [1.54, 1.807) is 60.7 Å². The Hall–Kier alpha value is -3.73. The zero-order chi connectivity index (χ0) is 28.9. The van der Waals surface area contributed by atoms with Crippen molar-refractivity contribution < 1.29 is 23.8 Å². The highest BCUT2D eigenvalue weighted by Gasteiger charge is 2.48. The Morgan fingerprint density at radius 2 is 1.76 bits per heavy atom. The van der Waals surface area contributed by atoms with Crippen LogP contribution in [0.5, 0.6) is 5.75 Å². The molecule has 2 heterocycles. The molecular formula is C30H25ClFN3O4S2. The number of carbonyl (C=O) groups excluding carboxylic acids is 2. The fourth-order valence-corrected chi connectivity index (χ4v) is 6.22. The van der Waals surface area contributed by atoms with Crippen LogP contribution in [0, 0.1) is 5.82 Å². The number of ketones is 1. The Morgan fingerprint density at radius 3 is 2.44 bits per heavy atom. The van der Waals surface area contributed by atoms with Crippen LogP contribution in [0.15, 0.2) is 82.7 Å². The van der Waals surface area contributed by atoms with Crippen molar-refractivity contribution in [1.82, 2.24) is 10.2 Å². The summed E-state index contributed by atoms with van der Waals surface area (Å²) in [5.74, 6) is -1.11. The maximum absolute atomic E-state index is 13.4. The van der Waals surface area contributed by atoms with Gasteiger partial charge in [0.2, 0.25) is 5.13 Å². The van der Waals surface area contributed by atoms with Gasteiger partial charge in [-0.3, -0.25) is 14.5 Å². The number of halogens is 2. The molecule has 1 aromatic heterocycles. The van der Waals surface area contributed by atoms with Gasteiger partial charge in [-0.2, -0.15) is 0 Å². The second kappa shape index (κ2) is 12.8. The molecule has 5 rings (SSSR count). The summed E-state index contributed by atoms with van der Waals surface area (Å²) in [6, 6.07) is 18.7. The average molecular weight is 610 g/mol. The topological polar surface area (TPSA) is 92.6 Å². The van der Waals surface area contributed by atoms with E-state index < -0.39 is 17.7 Å². The molecule has 1 amide bonds. The number of hydrogen-bond donors (Lipinski definition) is 1. The Kier molecular flexibility index (Phi) is 9.02. The predicted octanol–water partition coefficient (Wildman–Crippen LogP) is 7.43. The van der Waals surface area contributed by atoms with E-state index in [4.69, 9.17) is 16.3 Å². The van der Waals surface area contributed by atoms with Gasteiger partial charge >= 0.3 is 5.91 Å². The third-order valence-corrected chi connectivity index (χ3v) is 8.78. The van der Waals surface area contributed by atoms with Crippen LogP contribution in [-0.2, 0) is 15.3 Å². The summed E-state index contributed by atoms with van der Waals surface area (Å²) in [5, 5.41) is 20.5. The molecule has 1 N–H and O–H groups in total. The van der Waals surface area contributed by atoms with E-state index in [0.717, 1.165) is 29.7 Å². The first-order valence-electron chi connectivity index (χ1n) is 12.9. The molecule has 0 saturated carbocycles. The number of ether oxygens (including phenoxy) is 1. The largest absolute Gasteiger partial charge is 0.507 e. The third-order valence-electron chi connectivity index (χ3n) is 6.40. The molecule has 0 bridgehead atoms. The van der Waals surface area contributed by atoms with E-state index in [1.807, 2.05) is 0 Å². The first kappa shape index (κ1) is 28.8. The van der Waals surface area contributed by atoms with E-state index in [9.17, 15) is 19.1 Å². The van der Waals surface area contributed by atoms with E-state index in [1.165, 1.54) is 28.8 Å². The number of aromatic nitrogens is 2. The minimum Gasteiger partial charge on any atom is -0.507 e. The lowest BCUT2D eigenvalue weighted by Gasteiger charge is -2.22. The fourth-order valence-electron chi connectivity index (χ4n) is 4.27. The summed E-state index contributed by atoms with van der Waals surface area (Å²) in [6.07, 6.45) is 1.93. The van der Waals surface area contributed by atoms with Crippen molar-refractivity contribution in [2.75, 3.05) is 11.5 Å². The van der Waals surface area contributed by atoms with E-state index in [0.29, 0.717) is 38.6 Å². The summed E-state index contributed by atoms with van der Waals surface area (Å²) in [4.78, 5) is 28.1. The summed E-state index contributed by atoms with van der Waals surface area (Å²) in [6.45, 7) is 2.65. The van der Waals surface area contributed by atoms with Crippen LogP contribution in [0.4, 0.5) is 9.52 Å². The molecule has 11 heteroatoms. The molecule has 210 valence electrons. The average Bonchev–Trinajstić information content (AvgIpc) is 3.55. The van der Waals surface area contributed by atoms with Gasteiger partial charge in [-0.1, -0.05) is 72.3 Å². The molecule has 1 saturated heterocycles. The number of thioether (sulfide) groups is 1. The number of hydrogen-bond acceptors (Lipinski definition) is 8. The van der Waals surface area contributed by atoms with E-state index in [-0.39, 0.29) is 22.3 Å². The Bertz CT molecular complexity index is 1570. The maximum Gasteiger partial charge on any atom is 0.301 e. The highest BCUT2D eigenvalue weighted by atomic mass is 35.5. The van der Waals surface area contributed by atoms with Gasteiger partial charge in [0.25, 0.3) is 5.78 Å². The SMILES string of the molecule is CCCCOc1ccc(C(O)=C2C(=O)C(=O)N(c3nnc(SCc4ccc(F)cc4)s3)[C@H]2c2ccc(Cl)cc2)cc1. The van der Waals surface area contributed by atoms with Gasteiger partial charge < -0.3 is 9.84 Å². The number of nitrogens with zero attached hydrogens (tertiary/aromatic N) is 3. The second-order valence-corrected chi connectivity index (χ2v) is 11.8. The molecule has 0 spiro atoms. The van der Waals surface area contributed by atoms with Crippen molar-refractivity contribution in [1.29, 1.82) is 0 Å². The van der Waals surface area contributed by atoms with Gasteiger partial charge in [-0.05, 0) is 66.1 Å². The highest BCUT2D eigenvalue weighted by molar-refractivity contribution is 8.00. The quantitative estimate of drug-likeness (QED) is 0.0499. The van der Waals surface area contributed by atoms with Crippen molar-refractivity contribution in [2.24, 2.45) is 0 Å². The molecular weight excluding hydrogens is 585 g/mol. The lowest BCUT2D eigenvalue weighted by Crippen LogP contribution is -2.29. The van der Waals surface area contributed by atoms with Gasteiger partial charge in [0.15, 0.2) is 4.34 Å². The number of anilines is 1. The van der Waals surface area contributed by atoms with Crippen LogP contribution in [0.2, 0.25) is 5.02 Å². The van der Waals surface area contributed by atoms with Crippen molar-refractivity contribution in [3.63, 3.8) is 0 Å². The first-order chi connectivity index (χ1) is 19.9. The zero-order valence-corrected chi connectivity index (χ0v) is 24.3. The minimum atomic E-state index is -0.948. The first-order valence-corrected chi connectivity index (χ1v) is 15.0. The Morgan fingerprint density at radius 1 is 1.05 bits per heavy atom. The molecule has 1 fully saturated rings. The number of aliphatic hydroxyl groups excluding tert-OH is 1. The van der Waals surface area contributed by atoms with Crippen molar-refractivity contribution >= 4 is 57.3 Å². The summed E-state index contributed by atoms with van der Waals surface area (Å²) in [5.41, 5.74) is 1.78. The number of unbranched alkanes of at least 4 members (excludes halogenated alkanes) is 1. The van der Waals surface area contributed by atoms with Gasteiger partial charge in [0.05, 0.1) is 18.2 Å². The van der Waals surface area contributed by atoms with Crippen LogP contribution in [-0.4, -0.2) is 33.6 Å². The number of benzene rings is 3. The summed E-state index contributed by atoms with van der Waals surface area (Å²) in [7, 11) is 0. The molecule has 1 atom stereocenters. The lowest BCUT2D eigenvalue weighted by atomic mass is 9.95. The van der Waals surface area contributed by atoms with Crippen LogP contribution in [0.25, 0.3) is 5.76 Å². The van der Waals surface area contributed by atoms with E-state index in [2.05, 4.69) is 17.1 Å². The highest BCUT2D eigenvalue weighted by Crippen LogP contribution is 2.44. The summed E-state index contributed by atoms with van der Waals surface area (Å²) >= 11 is 8.65. The van der Waals surface area contributed by atoms with Crippen LogP contribution in [0.3, 0.4) is 0 Å². The molecule has 4 aromatic rings. The molecule has 3 aromatic carbocycles. The van der Waals surface area contributed by atoms with Crippen molar-refractivity contribution in [3.8, 4) is 5.75 Å². The Labute approximate surface area is 249 Å². The molecule has 0 aliphatic carbocycles. The zero-order valence-electron chi connectivity index (χ0n) is 21.9. The van der Waals surface area contributed by atoms with Gasteiger partial charge in [-0.15, -0.1) is 10.2 Å². The summed E-state index contributed by atoms with van der Waals surface area (Å²) < 4.78 is 19.5. The molecule has 0 radical (unpaired) electrons. The van der Waals surface area contributed by atoms with Crippen LogP contribution < -0.4 is 9.64 Å². The van der Waals surface area contributed by atoms with Gasteiger partial charge in [0, 0.05) is 16.3 Å². The molecule has 7 nitrogen and oxygen atoms in total. The molecule has 1 aliphatic heterocycles. The van der Waals surface area contributed by atoms with Crippen LogP contribution in [0.1, 0.15) is 42.5 Å². The van der Waals surface area contributed by atoms with E-state index >= 15 is 0 Å². The standard InChI is InChI=1S/C30H25ClFN3O4S2/c1-2-3-16-39-23-14-8-20(9-15-23)26(36)24-25(19-6-10-21(31)11-7-19)35(28(38)27(24)37)29-33-34-30(41-29)40-17-18-4-12-22(32)13-5-18/h4-15,25,36H,2-3,16-17H2,1H3/t25-/m0/s1. The van der Waals surface area contributed by atoms with Gasteiger partial charge in [-0.25, -0.2) is 4.39 Å². The lowest BCUT2D eigenvalue weighted by molar-refractivity contribution is -0.132. The number of Topliss-reactive ketones (excluding diaryl/α,β-unsaturated/α-hetero) is 1. The number of carbonyl (C=O) groups is 2. The maximum atomic E-state index is 13.4. The number of amides is 1. The molecule has 1 aliphatic rings. The minimum absolute atomic E-state index is 0.0623. The van der Waals surface area contributed by atoms with Crippen LogP contribution >= 0.6 is 34.7 Å². The van der Waals surface area contributed by atoms with Crippen molar-refractivity contribution in [3.05, 3.63) is 106 Å².